The van der Waals surface area contributed by atoms with Crippen LogP contribution >= 0.6 is 0 Å². The highest BCUT2D eigenvalue weighted by Gasteiger charge is 2.71. The first-order valence-electron chi connectivity index (χ1n) is 12.5. The lowest BCUT2D eigenvalue weighted by molar-refractivity contribution is 0.0666. The maximum Gasteiger partial charge on any atom is 0.185 e. The van der Waals surface area contributed by atoms with Crippen molar-refractivity contribution in [2.45, 2.75) is 18.0 Å². The summed E-state index contributed by atoms with van der Waals surface area (Å²) in [6, 6.07) is 32.4. The van der Waals surface area contributed by atoms with Crippen molar-refractivity contribution in [3.8, 4) is 0 Å². The molecule has 0 amide bonds. The molecule has 1 aliphatic carbocycles. The Morgan fingerprint density at radius 1 is 0.676 bits per heavy atom. The van der Waals surface area contributed by atoms with Gasteiger partial charge in [0.05, 0.1) is 6.04 Å². The zero-order valence-corrected chi connectivity index (χ0v) is 20.0. The Morgan fingerprint density at radius 3 is 1.92 bits per heavy atom. The fourth-order valence-corrected chi connectivity index (χ4v) is 6.72. The second kappa shape index (κ2) is 7.97. The summed E-state index contributed by atoms with van der Waals surface area (Å²) in [5, 5.41) is 0. The van der Waals surface area contributed by atoms with E-state index in [1.165, 1.54) is 0 Å². The maximum absolute atomic E-state index is 14.5. The number of benzene rings is 4. The minimum atomic E-state index is -1.45. The topological polar surface area (TPSA) is 54.5 Å². The third kappa shape index (κ3) is 2.81. The van der Waals surface area contributed by atoms with Crippen LogP contribution in [-0.2, 0) is 0 Å². The summed E-state index contributed by atoms with van der Waals surface area (Å²) in [4.78, 5) is 45.5. The Hall–Kier alpha value is -4.57. The third-order valence-corrected chi connectivity index (χ3v) is 8.20. The molecular weight excluding hydrogens is 458 g/mol. The van der Waals surface area contributed by atoms with Crippen molar-refractivity contribution < 1.29 is 14.4 Å². The van der Waals surface area contributed by atoms with Crippen LogP contribution < -0.4 is 4.90 Å². The van der Waals surface area contributed by atoms with Gasteiger partial charge in [0, 0.05) is 28.3 Å². The SMILES string of the molecule is O=C(c1ccccc1)C1C(c2ccccc2)C2(C(=O)c3ccccc3C2=O)C2C=Cc3ccccc3N12. The summed E-state index contributed by atoms with van der Waals surface area (Å²) in [6.07, 6.45) is 3.94. The Morgan fingerprint density at radius 2 is 1.24 bits per heavy atom. The lowest BCUT2D eigenvalue weighted by Gasteiger charge is -2.37. The molecule has 4 nitrogen and oxygen atoms in total. The molecule has 3 atom stereocenters. The van der Waals surface area contributed by atoms with Gasteiger partial charge < -0.3 is 4.90 Å². The second-order valence-corrected chi connectivity index (χ2v) is 9.91. The standard InChI is InChI=1S/C33H23NO3/c35-30(23-14-5-2-6-15-23)29-28(22-12-3-1-4-13-22)33(31(36)24-16-8-9-17-25(24)32(33)37)27-20-19-21-11-7-10-18-26(21)34(27)29/h1-20,27-29H. The van der Waals surface area contributed by atoms with Crippen LogP contribution in [0, 0.1) is 5.41 Å². The lowest BCUT2D eigenvalue weighted by Crippen LogP contribution is -2.48. The average molecular weight is 482 g/mol. The molecule has 37 heavy (non-hydrogen) atoms. The molecule has 2 heterocycles. The van der Waals surface area contributed by atoms with E-state index < -0.39 is 23.4 Å². The average Bonchev–Trinajstić information content (AvgIpc) is 3.40. The first kappa shape index (κ1) is 21.7. The predicted molar refractivity (Wildman–Crippen MR) is 143 cm³/mol. The molecule has 0 aromatic heterocycles. The molecule has 0 bridgehead atoms. The molecule has 1 spiro atoms. The predicted octanol–water partition coefficient (Wildman–Crippen LogP) is 6.00. The minimum absolute atomic E-state index is 0.0991. The smallest absolute Gasteiger partial charge is 0.185 e. The van der Waals surface area contributed by atoms with Crippen LogP contribution in [0.5, 0.6) is 0 Å². The van der Waals surface area contributed by atoms with Crippen molar-refractivity contribution >= 4 is 29.1 Å². The van der Waals surface area contributed by atoms with Gasteiger partial charge in [-0.05, 0) is 17.2 Å². The van der Waals surface area contributed by atoms with Crippen LogP contribution in [-0.4, -0.2) is 29.4 Å². The van der Waals surface area contributed by atoms with E-state index >= 15 is 0 Å². The molecule has 3 aliphatic rings. The van der Waals surface area contributed by atoms with Gasteiger partial charge >= 0.3 is 0 Å². The molecule has 4 heteroatoms. The van der Waals surface area contributed by atoms with Gasteiger partial charge in [-0.3, -0.25) is 14.4 Å². The molecule has 0 N–H and O–H groups in total. The molecule has 2 aliphatic heterocycles. The normalized spacial score (nSPS) is 22.6. The monoisotopic (exact) mass is 481 g/mol. The van der Waals surface area contributed by atoms with Crippen molar-refractivity contribution in [2.24, 2.45) is 5.41 Å². The van der Waals surface area contributed by atoms with E-state index in [-0.39, 0.29) is 17.3 Å². The van der Waals surface area contributed by atoms with Crippen molar-refractivity contribution in [1.82, 2.24) is 0 Å². The molecule has 0 saturated carbocycles. The summed E-state index contributed by atoms with van der Waals surface area (Å²) in [5.41, 5.74) is 2.62. The van der Waals surface area contributed by atoms with Crippen molar-refractivity contribution in [1.29, 1.82) is 0 Å². The highest BCUT2D eigenvalue weighted by atomic mass is 16.2. The number of hydrogen-bond acceptors (Lipinski definition) is 4. The van der Waals surface area contributed by atoms with Crippen LogP contribution in [0.4, 0.5) is 5.69 Å². The Kier molecular flexibility index (Phi) is 4.67. The van der Waals surface area contributed by atoms with Crippen molar-refractivity contribution in [3.63, 3.8) is 0 Å². The zero-order chi connectivity index (χ0) is 25.1. The minimum Gasteiger partial charge on any atom is -0.352 e. The number of anilines is 1. The number of fused-ring (bicyclic) bond motifs is 5. The summed E-state index contributed by atoms with van der Waals surface area (Å²) >= 11 is 0. The Labute approximate surface area is 214 Å². The van der Waals surface area contributed by atoms with Gasteiger partial charge in [-0.25, -0.2) is 0 Å². The highest BCUT2D eigenvalue weighted by Crippen LogP contribution is 2.60. The molecular formula is C33H23NO3. The van der Waals surface area contributed by atoms with E-state index in [1.54, 1.807) is 24.3 Å². The second-order valence-electron chi connectivity index (χ2n) is 9.91. The number of ketones is 3. The van der Waals surface area contributed by atoms with Gasteiger partial charge in [0.25, 0.3) is 0 Å². The van der Waals surface area contributed by atoms with Crippen LogP contribution in [0.3, 0.4) is 0 Å². The first-order valence-corrected chi connectivity index (χ1v) is 12.5. The summed E-state index contributed by atoms with van der Waals surface area (Å²) in [6.45, 7) is 0. The van der Waals surface area contributed by atoms with Crippen LogP contribution in [0.15, 0.2) is 115 Å². The first-order chi connectivity index (χ1) is 18.1. The van der Waals surface area contributed by atoms with Crippen LogP contribution in [0.1, 0.15) is 48.1 Å². The fourth-order valence-electron chi connectivity index (χ4n) is 6.72. The summed E-state index contributed by atoms with van der Waals surface area (Å²) < 4.78 is 0. The number of rotatable bonds is 3. The Bertz CT molecular complexity index is 1570. The van der Waals surface area contributed by atoms with Gasteiger partial charge in [0.1, 0.15) is 11.5 Å². The molecule has 3 unspecified atom stereocenters. The van der Waals surface area contributed by atoms with Gasteiger partial charge in [0.2, 0.25) is 0 Å². The fraction of sp³-hybridized carbons (Fsp3) is 0.121. The van der Waals surface area contributed by atoms with Gasteiger partial charge in [-0.1, -0.05) is 115 Å². The number of nitrogens with zero attached hydrogens (tertiary/aromatic N) is 1. The molecule has 178 valence electrons. The number of Topliss-reactive ketones (excluding diaryl/α,β-unsaturated/α-hetero) is 3. The van der Waals surface area contributed by atoms with E-state index in [2.05, 4.69) is 0 Å². The van der Waals surface area contributed by atoms with Crippen molar-refractivity contribution in [3.05, 3.63) is 143 Å². The van der Waals surface area contributed by atoms with E-state index in [0.29, 0.717) is 16.7 Å². The molecule has 4 aromatic rings. The van der Waals surface area contributed by atoms with Gasteiger partial charge in [-0.2, -0.15) is 0 Å². The van der Waals surface area contributed by atoms with Crippen molar-refractivity contribution in [2.75, 3.05) is 4.90 Å². The van der Waals surface area contributed by atoms with E-state index in [9.17, 15) is 14.4 Å². The lowest BCUT2D eigenvalue weighted by atomic mass is 9.64. The number of carbonyl (C=O) groups is 3. The van der Waals surface area contributed by atoms with Crippen LogP contribution in [0.2, 0.25) is 0 Å². The molecule has 0 radical (unpaired) electrons. The Balaban J connectivity index is 1.56. The number of carbonyl (C=O) groups excluding carboxylic acids is 3. The van der Waals surface area contributed by atoms with E-state index in [1.807, 2.05) is 102 Å². The third-order valence-electron chi connectivity index (χ3n) is 8.20. The maximum atomic E-state index is 14.5. The largest absolute Gasteiger partial charge is 0.352 e. The van der Waals surface area contributed by atoms with Gasteiger partial charge in [0.15, 0.2) is 17.3 Å². The van der Waals surface area contributed by atoms with E-state index in [0.717, 1.165) is 16.8 Å². The molecule has 4 aromatic carbocycles. The molecule has 1 saturated heterocycles. The molecule has 7 rings (SSSR count). The van der Waals surface area contributed by atoms with E-state index in [4.69, 9.17) is 0 Å². The molecule has 1 fully saturated rings. The number of para-hydroxylation sites is 1. The number of hydrogen-bond donors (Lipinski definition) is 0. The zero-order valence-electron chi connectivity index (χ0n) is 20.0. The highest BCUT2D eigenvalue weighted by molar-refractivity contribution is 6.32. The summed E-state index contributed by atoms with van der Waals surface area (Å²) in [5.74, 6) is -1.18. The van der Waals surface area contributed by atoms with Crippen LogP contribution in [0.25, 0.3) is 6.08 Å². The van der Waals surface area contributed by atoms with Gasteiger partial charge in [-0.15, -0.1) is 0 Å². The quantitative estimate of drug-likeness (QED) is 0.266. The summed E-state index contributed by atoms with van der Waals surface area (Å²) in [7, 11) is 0.